The molecule has 12 rings (SSSR count). The summed E-state index contributed by atoms with van der Waals surface area (Å²) >= 11 is 1.84. The van der Waals surface area contributed by atoms with Gasteiger partial charge in [-0.3, -0.25) is 4.57 Å². The van der Waals surface area contributed by atoms with Gasteiger partial charge in [0.1, 0.15) is 11.2 Å². The standard InChI is InChI=1S/C48H27N3OS/c1-2-12-29-25-31(22-21-28(29)11-1)45-34-15-3-7-17-39(34)49-48(50-45)51-40-18-8-4-16-35(40)44-46(51)36(27-38-32-13-5-9-19-41(32)52-47(38)44)30-23-24-43-37(26-30)33-14-6-10-20-42(33)53-43/h1-27H. The van der Waals surface area contributed by atoms with Gasteiger partial charge in [-0.25, -0.2) is 9.97 Å². The minimum atomic E-state index is 0.622. The van der Waals surface area contributed by atoms with Crippen LogP contribution in [-0.4, -0.2) is 14.5 Å². The third kappa shape index (κ3) is 4.17. The maximum Gasteiger partial charge on any atom is 0.235 e. The van der Waals surface area contributed by atoms with Crippen molar-refractivity contribution in [3.8, 4) is 28.3 Å². The molecule has 0 atom stereocenters. The van der Waals surface area contributed by atoms with E-state index < -0.39 is 0 Å². The van der Waals surface area contributed by atoms with E-state index in [1.165, 1.54) is 30.9 Å². The van der Waals surface area contributed by atoms with Gasteiger partial charge in [0, 0.05) is 52.8 Å². The van der Waals surface area contributed by atoms with Gasteiger partial charge in [-0.05, 0) is 64.9 Å². The van der Waals surface area contributed by atoms with Gasteiger partial charge in [-0.15, -0.1) is 11.3 Å². The Kier molecular flexibility index (Phi) is 5.90. The minimum absolute atomic E-state index is 0.622. The van der Waals surface area contributed by atoms with Gasteiger partial charge >= 0.3 is 0 Å². The second-order valence-corrected chi connectivity index (χ2v) is 14.8. The lowest BCUT2D eigenvalue weighted by molar-refractivity contribution is 0.673. The monoisotopic (exact) mass is 693 g/mol. The summed E-state index contributed by atoms with van der Waals surface area (Å²) < 4.78 is 11.6. The van der Waals surface area contributed by atoms with E-state index in [0.29, 0.717) is 5.95 Å². The lowest BCUT2D eigenvalue weighted by Gasteiger charge is -2.14. The van der Waals surface area contributed by atoms with E-state index in [2.05, 4.69) is 162 Å². The Morgan fingerprint density at radius 2 is 1.21 bits per heavy atom. The third-order valence-corrected chi connectivity index (χ3v) is 11.9. The molecule has 8 aromatic carbocycles. The van der Waals surface area contributed by atoms with Gasteiger partial charge in [0.05, 0.1) is 27.6 Å². The van der Waals surface area contributed by atoms with Crippen molar-refractivity contribution in [2.75, 3.05) is 0 Å². The SMILES string of the molecule is c1ccc2cc(-c3nc(-n4c5ccccc5c5c6oc7ccccc7c6cc(-c6ccc7sc8ccccc8c7c6)c54)nc4ccccc34)ccc2c1. The van der Waals surface area contributed by atoms with Crippen LogP contribution in [0, 0.1) is 0 Å². The molecule has 246 valence electrons. The highest BCUT2D eigenvalue weighted by Gasteiger charge is 2.25. The van der Waals surface area contributed by atoms with Crippen LogP contribution in [0.25, 0.3) is 114 Å². The molecular formula is C48H27N3OS. The van der Waals surface area contributed by atoms with E-state index in [1.54, 1.807) is 0 Å². The lowest BCUT2D eigenvalue weighted by Crippen LogP contribution is -2.04. The fourth-order valence-corrected chi connectivity index (χ4v) is 9.46. The fraction of sp³-hybridized carbons (Fsp3) is 0. The van der Waals surface area contributed by atoms with Crippen LogP contribution in [0.4, 0.5) is 0 Å². The first kappa shape index (κ1) is 28.8. The van der Waals surface area contributed by atoms with Crippen LogP contribution in [0.2, 0.25) is 0 Å². The van der Waals surface area contributed by atoms with Crippen molar-refractivity contribution < 1.29 is 4.42 Å². The summed E-state index contributed by atoms with van der Waals surface area (Å²) in [6, 6.07) is 58.3. The van der Waals surface area contributed by atoms with E-state index in [4.69, 9.17) is 14.4 Å². The lowest BCUT2D eigenvalue weighted by atomic mass is 9.97. The predicted molar refractivity (Wildman–Crippen MR) is 222 cm³/mol. The highest BCUT2D eigenvalue weighted by molar-refractivity contribution is 7.25. The van der Waals surface area contributed by atoms with Crippen molar-refractivity contribution in [3.63, 3.8) is 0 Å². The van der Waals surface area contributed by atoms with Crippen LogP contribution in [-0.2, 0) is 0 Å². The fourth-order valence-electron chi connectivity index (χ4n) is 8.37. The Hall–Kier alpha value is -6.82. The topological polar surface area (TPSA) is 43.9 Å². The van der Waals surface area contributed by atoms with E-state index in [-0.39, 0.29) is 0 Å². The molecule has 0 N–H and O–H groups in total. The summed E-state index contributed by atoms with van der Waals surface area (Å²) in [6.07, 6.45) is 0. The van der Waals surface area contributed by atoms with E-state index in [0.717, 1.165) is 77.0 Å². The molecule has 0 aliphatic rings. The van der Waals surface area contributed by atoms with Crippen molar-refractivity contribution >= 4 is 96.9 Å². The van der Waals surface area contributed by atoms with Crippen LogP contribution in [0.15, 0.2) is 168 Å². The summed E-state index contributed by atoms with van der Waals surface area (Å²) in [6.45, 7) is 0. The molecule has 0 amide bonds. The van der Waals surface area contributed by atoms with Crippen LogP contribution < -0.4 is 0 Å². The molecule has 4 heterocycles. The maximum absolute atomic E-state index is 6.78. The second-order valence-electron chi connectivity index (χ2n) is 13.7. The van der Waals surface area contributed by atoms with Crippen molar-refractivity contribution in [1.29, 1.82) is 0 Å². The van der Waals surface area contributed by atoms with E-state index in [9.17, 15) is 0 Å². The largest absolute Gasteiger partial charge is 0.455 e. The Morgan fingerprint density at radius 1 is 0.491 bits per heavy atom. The number of hydrogen-bond donors (Lipinski definition) is 0. The van der Waals surface area contributed by atoms with Crippen molar-refractivity contribution in [2.24, 2.45) is 0 Å². The zero-order chi connectivity index (χ0) is 34.6. The second kappa shape index (κ2) is 10.8. The normalized spacial score (nSPS) is 12.2. The first-order chi connectivity index (χ1) is 26.3. The number of aromatic nitrogens is 3. The molecule has 0 unspecified atom stereocenters. The summed E-state index contributed by atoms with van der Waals surface area (Å²) in [5, 5.41) is 10.3. The number of furan rings is 1. The maximum atomic E-state index is 6.78. The summed E-state index contributed by atoms with van der Waals surface area (Å²) in [5.41, 5.74) is 8.89. The van der Waals surface area contributed by atoms with Crippen molar-refractivity contribution in [2.45, 2.75) is 0 Å². The Bertz CT molecular complexity index is 3480. The molecule has 0 saturated carbocycles. The number of para-hydroxylation sites is 3. The zero-order valence-corrected chi connectivity index (χ0v) is 29.1. The van der Waals surface area contributed by atoms with Crippen LogP contribution >= 0.6 is 11.3 Å². The first-order valence-electron chi connectivity index (χ1n) is 17.8. The molecule has 0 spiro atoms. The molecule has 4 aromatic heterocycles. The molecule has 0 aliphatic carbocycles. The third-order valence-electron chi connectivity index (χ3n) is 10.8. The Labute approximate surface area is 306 Å². The average Bonchev–Trinajstić information content (AvgIpc) is 3.89. The van der Waals surface area contributed by atoms with E-state index in [1.807, 2.05) is 17.4 Å². The molecule has 0 saturated heterocycles. The smallest absolute Gasteiger partial charge is 0.235 e. The van der Waals surface area contributed by atoms with E-state index >= 15 is 0 Å². The van der Waals surface area contributed by atoms with Gasteiger partial charge in [0.2, 0.25) is 5.95 Å². The molecule has 0 aliphatic heterocycles. The zero-order valence-electron chi connectivity index (χ0n) is 28.2. The molecule has 12 aromatic rings. The highest BCUT2D eigenvalue weighted by atomic mass is 32.1. The van der Waals surface area contributed by atoms with Gasteiger partial charge in [0.25, 0.3) is 0 Å². The molecule has 0 fully saturated rings. The molecule has 4 nitrogen and oxygen atoms in total. The number of thiophene rings is 1. The van der Waals surface area contributed by atoms with Crippen LogP contribution in [0.1, 0.15) is 0 Å². The Morgan fingerprint density at radius 3 is 2.13 bits per heavy atom. The number of rotatable bonds is 3. The quantitative estimate of drug-likeness (QED) is 0.185. The van der Waals surface area contributed by atoms with Crippen molar-refractivity contribution in [3.05, 3.63) is 164 Å². The van der Waals surface area contributed by atoms with Gasteiger partial charge in [0.15, 0.2) is 0 Å². The van der Waals surface area contributed by atoms with Gasteiger partial charge in [-0.2, -0.15) is 0 Å². The first-order valence-corrected chi connectivity index (χ1v) is 18.6. The molecule has 0 radical (unpaired) electrons. The summed E-state index contributed by atoms with van der Waals surface area (Å²) in [5.74, 6) is 0.622. The molecule has 0 bridgehead atoms. The highest BCUT2D eigenvalue weighted by Crippen LogP contribution is 2.46. The number of benzene rings is 8. The molecule has 5 heteroatoms. The number of fused-ring (bicyclic) bond motifs is 12. The molecular weight excluding hydrogens is 667 g/mol. The summed E-state index contributed by atoms with van der Waals surface area (Å²) in [4.78, 5) is 10.8. The van der Waals surface area contributed by atoms with Crippen LogP contribution in [0.5, 0.6) is 0 Å². The van der Waals surface area contributed by atoms with Gasteiger partial charge < -0.3 is 4.42 Å². The summed E-state index contributed by atoms with van der Waals surface area (Å²) in [7, 11) is 0. The average molecular weight is 694 g/mol. The van der Waals surface area contributed by atoms with Gasteiger partial charge in [-0.1, -0.05) is 115 Å². The number of hydrogen-bond acceptors (Lipinski definition) is 4. The van der Waals surface area contributed by atoms with Crippen molar-refractivity contribution in [1.82, 2.24) is 14.5 Å². The van der Waals surface area contributed by atoms with Crippen LogP contribution in [0.3, 0.4) is 0 Å². The molecule has 53 heavy (non-hydrogen) atoms. The minimum Gasteiger partial charge on any atom is -0.455 e. The Balaban J connectivity index is 1.24. The predicted octanol–water partition coefficient (Wildman–Crippen LogP) is 13.5. The number of nitrogens with zero attached hydrogens (tertiary/aromatic N) is 3.